The van der Waals surface area contributed by atoms with E-state index in [1.54, 1.807) is 24.3 Å². The summed E-state index contributed by atoms with van der Waals surface area (Å²) in [6, 6.07) is 13.3. The van der Waals surface area contributed by atoms with E-state index in [0.717, 1.165) is 0 Å². The maximum Gasteiger partial charge on any atom is 0.379 e. The molecular formula is C21H11BrN2O7. The number of hydrogen-bond acceptors (Lipinski definition) is 8. The van der Waals surface area contributed by atoms with E-state index < -0.39 is 16.9 Å². The maximum absolute atomic E-state index is 12.3. The SMILES string of the molecule is O=C1OC(c2ccc([N+](=O)[O-])cc2)=N/C1=C/c1cc(Br)ccc1OC(=O)c1ccco1. The molecule has 10 heteroatoms. The zero-order valence-corrected chi connectivity index (χ0v) is 17.1. The van der Waals surface area contributed by atoms with Gasteiger partial charge in [-0.05, 0) is 48.5 Å². The Morgan fingerprint density at radius 3 is 2.61 bits per heavy atom. The molecule has 0 atom stereocenters. The number of esters is 2. The summed E-state index contributed by atoms with van der Waals surface area (Å²) in [7, 11) is 0. The Bertz CT molecular complexity index is 1250. The quantitative estimate of drug-likeness (QED) is 0.172. The number of carbonyl (C=O) groups excluding carboxylic acids is 2. The zero-order chi connectivity index (χ0) is 22.0. The summed E-state index contributed by atoms with van der Waals surface area (Å²) in [6.07, 6.45) is 2.76. The van der Waals surface area contributed by atoms with Gasteiger partial charge in [0.1, 0.15) is 5.75 Å². The van der Waals surface area contributed by atoms with Crippen LogP contribution >= 0.6 is 15.9 Å². The maximum atomic E-state index is 12.3. The number of carbonyl (C=O) groups is 2. The van der Waals surface area contributed by atoms with Gasteiger partial charge in [0, 0.05) is 27.7 Å². The van der Waals surface area contributed by atoms with Crippen molar-refractivity contribution in [2.24, 2.45) is 4.99 Å². The first-order valence-corrected chi connectivity index (χ1v) is 9.52. The molecule has 0 bridgehead atoms. The molecular weight excluding hydrogens is 472 g/mol. The van der Waals surface area contributed by atoms with Crippen molar-refractivity contribution in [3.63, 3.8) is 0 Å². The summed E-state index contributed by atoms with van der Waals surface area (Å²) in [6.45, 7) is 0. The monoisotopic (exact) mass is 482 g/mol. The van der Waals surface area contributed by atoms with Crippen LogP contribution in [0.25, 0.3) is 6.08 Å². The number of hydrogen-bond donors (Lipinski definition) is 0. The van der Waals surface area contributed by atoms with E-state index in [1.165, 1.54) is 42.7 Å². The predicted octanol–water partition coefficient (Wildman–Crippen LogP) is 4.51. The van der Waals surface area contributed by atoms with Crippen molar-refractivity contribution < 1.29 is 28.4 Å². The summed E-state index contributed by atoms with van der Waals surface area (Å²) < 4.78 is 16.3. The number of non-ortho nitro benzene ring substituents is 1. The Hall–Kier alpha value is -4.05. The Kier molecular flexibility index (Phi) is 5.46. The molecule has 0 amide bonds. The first-order chi connectivity index (χ1) is 14.9. The van der Waals surface area contributed by atoms with Crippen molar-refractivity contribution in [2.45, 2.75) is 0 Å². The van der Waals surface area contributed by atoms with Gasteiger partial charge in [0.25, 0.3) is 5.69 Å². The summed E-state index contributed by atoms with van der Waals surface area (Å²) in [5.74, 6) is -1.19. The molecule has 1 aromatic heterocycles. The number of cyclic esters (lactones) is 1. The van der Waals surface area contributed by atoms with Crippen LogP contribution < -0.4 is 4.74 Å². The highest BCUT2D eigenvalue weighted by molar-refractivity contribution is 9.10. The average Bonchev–Trinajstić information content (AvgIpc) is 3.41. The van der Waals surface area contributed by atoms with Gasteiger partial charge in [-0.2, -0.15) is 0 Å². The second-order valence-electron chi connectivity index (χ2n) is 6.19. The van der Waals surface area contributed by atoms with Crippen molar-refractivity contribution in [1.82, 2.24) is 0 Å². The van der Waals surface area contributed by atoms with Crippen LogP contribution in [0.2, 0.25) is 0 Å². The van der Waals surface area contributed by atoms with E-state index in [4.69, 9.17) is 13.9 Å². The fourth-order valence-corrected chi connectivity index (χ4v) is 3.05. The second kappa shape index (κ2) is 8.36. The lowest BCUT2D eigenvalue weighted by Gasteiger charge is -2.07. The minimum atomic E-state index is -0.711. The highest BCUT2D eigenvalue weighted by Gasteiger charge is 2.25. The molecule has 2 heterocycles. The molecule has 0 radical (unpaired) electrons. The lowest BCUT2D eigenvalue weighted by molar-refractivity contribution is -0.384. The van der Waals surface area contributed by atoms with Crippen molar-refractivity contribution in [3.8, 4) is 5.75 Å². The van der Waals surface area contributed by atoms with E-state index in [-0.39, 0.29) is 28.8 Å². The molecule has 0 fully saturated rings. The van der Waals surface area contributed by atoms with Gasteiger partial charge in [-0.1, -0.05) is 15.9 Å². The smallest absolute Gasteiger partial charge is 0.379 e. The van der Waals surface area contributed by atoms with E-state index in [1.807, 2.05) is 0 Å². The largest absolute Gasteiger partial charge is 0.457 e. The number of rotatable bonds is 5. The van der Waals surface area contributed by atoms with Crippen LogP contribution in [0.15, 0.2) is 80.4 Å². The van der Waals surface area contributed by atoms with Crippen molar-refractivity contribution >= 4 is 45.5 Å². The van der Waals surface area contributed by atoms with Gasteiger partial charge in [-0.25, -0.2) is 14.6 Å². The molecule has 1 aliphatic rings. The van der Waals surface area contributed by atoms with Gasteiger partial charge >= 0.3 is 11.9 Å². The van der Waals surface area contributed by atoms with Gasteiger partial charge in [-0.15, -0.1) is 0 Å². The average molecular weight is 483 g/mol. The molecule has 0 saturated carbocycles. The van der Waals surface area contributed by atoms with E-state index in [9.17, 15) is 19.7 Å². The predicted molar refractivity (Wildman–Crippen MR) is 112 cm³/mol. The number of nitro benzene ring substituents is 1. The van der Waals surface area contributed by atoms with Gasteiger partial charge in [0.15, 0.2) is 5.70 Å². The third-order valence-corrected chi connectivity index (χ3v) is 4.63. The van der Waals surface area contributed by atoms with Crippen LogP contribution in [0.1, 0.15) is 21.7 Å². The van der Waals surface area contributed by atoms with E-state index in [0.29, 0.717) is 15.6 Å². The van der Waals surface area contributed by atoms with Crippen molar-refractivity contribution in [2.75, 3.05) is 0 Å². The number of nitro groups is 1. The fourth-order valence-electron chi connectivity index (χ4n) is 2.68. The molecule has 9 nitrogen and oxygen atoms in total. The molecule has 0 unspecified atom stereocenters. The minimum absolute atomic E-state index is 0.00951. The molecule has 31 heavy (non-hydrogen) atoms. The Morgan fingerprint density at radius 2 is 1.94 bits per heavy atom. The van der Waals surface area contributed by atoms with Crippen LogP contribution in [0, 0.1) is 10.1 Å². The number of benzene rings is 2. The third-order valence-electron chi connectivity index (χ3n) is 4.13. The van der Waals surface area contributed by atoms with Crippen LogP contribution in [-0.4, -0.2) is 22.8 Å². The number of nitrogens with zero attached hydrogens (tertiary/aromatic N) is 2. The van der Waals surface area contributed by atoms with Crippen LogP contribution in [-0.2, 0) is 9.53 Å². The topological polar surface area (TPSA) is 121 Å². The number of aliphatic imine (C=N–C) groups is 1. The lowest BCUT2D eigenvalue weighted by atomic mass is 10.1. The van der Waals surface area contributed by atoms with E-state index in [2.05, 4.69) is 20.9 Å². The summed E-state index contributed by atoms with van der Waals surface area (Å²) in [5, 5.41) is 10.8. The summed E-state index contributed by atoms with van der Waals surface area (Å²) >= 11 is 3.34. The van der Waals surface area contributed by atoms with Crippen LogP contribution in [0.5, 0.6) is 5.75 Å². The Balaban J connectivity index is 1.64. The molecule has 0 spiro atoms. The van der Waals surface area contributed by atoms with Gasteiger partial charge in [0.2, 0.25) is 11.7 Å². The normalized spacial score (nSPS) is 14.3. The number of ether oxygens (including phenoxy) is 2. The first-order valence-electron chi connectivity index (χ1n) is 8.73. The number of furan rings is 1. The summed E-state index contributed by atoms with van der Waals surface area (Å²) in [5.41, 5.74) is 0.680. The fraction of sp³-hybridized carbons (Fsp3) is 0. The van der Waals surface area contributed by atoms with Crippen LogP contribution in [0.3, 0.4) is 0 Å². The molecule has 0 aliphatic carbocycles. The Labute approximate surface area is 182 Å². The number of halogens is 1. The molecule has 154 valence electrons. The molecule has 2 aromatic carbocycles. The zero-order valence-electron chi connectivity index (χ0n) is 15.5. The first kappa shape index (κ1) is 20.2. The minimum Gasteiger partial charge on any atom is -0.457 e. The van der Waals surface area contributed by atoms with E-state index >= 15 is 0 Å². The van der Waals surface area contributed by atoms with Gasteiger partial charge in [-0.3, -0.25) is 10.1 Å². The molecule has 3 aromatic rings. The molecule has 0 saturated heterocycles. The van der Waals surface area contributed by atoms with Crippen LogP contribution in [0.4, 0.5) is 5.69 Å². The highest BCUT2D eigenvalue weighted by Crippen LogP contribution is 2.28. The molecule has 1 aliphatic heterocycles. The standard InChI is InChI=1S/C21H11BrN2O7/c22-14-5-8-17(30-21(26)18-2-1-9-29-18)13(10-14)11-16-20(25)31-19(23-16)12-3-6-15(7-4-12)24(27)28/h1-11H/b16-11+. The second-order valence-corrected chi connectivity index (χ2v) is 7.10. The summed E-state index contributed by atoms with van der Waals surface area (Å²) in [4.78, 5) is 38.9. The molecule has 4 rings (SSSR count). The van der Waals surface area contributed by atoms with Gasteiger partial charge in [0.05, 0.1) is 11.2 Å². The van der Waals surface area contributed by atoms with Crippen molar-refractivity contribution in [3.05, 3.63) is 98.0 Å². The molecule has 0 N–H and O–H groups in total. The van der Waals surface area contributed by atoms with Crippen molar-refractivity contribution in [1.29, 1.82) is 0 Å². The van der Waals surface area contributed by atoms with Gasteiger partial charge < -0.3 is 13.9 Å². The highest BCUT2D eigenvalue weighted by atomic mass is 79.9. The Morgan fingerprint density at radius 1 is 1.16 bits per heavy atom. The third kappa shape index (κ3) is 4.43. The lowest BCUT2D eigenvalue weighted by Crippen LogP contribution is -2.08.